The van der Waals surface area contributed by atoms with Crippen LogP contribution in [-0.4, -0.2) is 35.1 Å². The van der Waals surface area contributed by atoms with Gasteiger partial charge in [0.1, 0.15) is 6.04 Å². The Labute approximate surface area is 108 Å². The van der Waals surface area contributed by atoms with Gasteiger partial charge in [0, 0.05) is 12.7 Å². The lowest BCUT2D eigenvalue weighted by atomic mass is 10.3. The number of carboxylic acid groups (broad SMARTS) is 1. The van der Waals surface area contributed by atoms with E-state index >= 15 is 0 Å². The van der Waals surface area contributed by atoms with Crippen molar-refractivity contribution in [1.82, 2.24) is 5.32 Å². The number of hydrogen-bond acceptors (Lipinski definition) is 5. The molecule has 7 heteroatoms. The number of carbonyl (C=O) groups excluding carboxylic acids is 2. The van der Waals surface area contributed by atoms with Gasteiger partial charge in [-0.2, -0.15) is 12.6 Å². The summed E-state index contributed by atoms with van der Waals surface area (Å²) in [7, 11) is 0. The molecule has 0 aromatic carbocycles. The summed E-state index contributed by atoms with van der Waals surface area (Å²) in [5, 5.41) is 12.5. The summed E-state index contributed by atoms with van der Waals surface area (Å²) in [4.78, 5) is 31.2. The molecule has 1 amide bonds. The van der Waals surface area contributed by atoms with Crippen molar-refractivity contribution in [2.24, 2.45) is 0 Å². The number of amides is 1. The maximum atomic E-state index is 10.3. The fourth-order valence-electron chi connectivity index (χ4n) is 0.789. The van der Waals surface area contributed by atoms with Gasteiger partial charge in [0.25, 0.3) is 0 Å². The van der Waals surface area contributed by atoms with Gasteiger partial charge in [0.15, 0.2) is 6.29 Å². The van der Waals surface area contributed by atoms with E-state index in [1.807, 2.05) is 11.4 Å². The molecule has 0 fully saturated rings. The number of rotatable bonds is 4. The average Bonchev–Trinajstić information content (AvgIpc) is 2.78. The highest BCUT2D eigenvalue weighted by molar-refractivity contribution is 7.80. The van der Waals surface area contributed by atoms with Crippen LogP contribution in [-0.2, 0) is 9.59 Å². The molecule has 1 atom stereocenters. The molecule has 1 aromatic heterocycles. The van der Waals surface area contributed by atoms with Crippen LogP contribution in [0.2, 0.25) is 0 Å². The number of nitrogens with one attached hydrogen (secondary N) is 1. The molecule has 94 valence electrons. The number of thiophene rings is 1. The Bertz CT molecular complexity index is 364. The fourth-order valence-corrected chi connectivity index (χ4v) is 1.56. The van der Waals surface area contributed by atoms with E-state index in [1.54, 1.807) is 6.07 Å². The van der Waals surface area contributed by atoms with Crippen LogP contribution in [0.25, 0.3) is 0 Å². The van der Waals surface area contributed by atoms with Gasteiger partial charge in [-0.3, -0.25) is 9.59 Å². The lowest BCUT2D eigenvalue weighted by Crippen LogP contribution is -2.40. The van der Waals surface area contributed by atoms with Crippen molar-refractivity contribution in [2.75, 3.05) is 5.75 Å². The normalized spacial score (nSPS) is 10.7. The van der Waals surface area contributed by atoms with E-state index in [0.717, 1.165) is 11.2 Å². The molecule has 0 saturated heterocycles. The first-order valence-corrected chi connectivity index (χ1v) is 6.12. The largest absolute Gasteiger partial charge is 0.480 e. The van der Waals surface area contributed by atoms with Gasteiger partial charge in [0.2, 0.25) is 5.91 Å². The van der Waals surface area contributed by atoms with Gasteiger partial charge in [-0.05, 0) is 11.4 Å². The van der Waals surface area contributed by atoms with E-state index in [1.165, 1.54) is 18.3 Å². The molecule has 5 nitrogen and oxygen atoms in total. The molecule has 0 bridgehead atoms. The lowest BCUT2D eigenvalue weighted by molar-refractivity contribution is -0.140. The molecule has 0 aliphatic rings. The predicted octanol–water partition coefficient (Wildman–Crippen LogP) is 1.07. The molecule has 1 rings (SSSR count). The first kappa shape index (κ1) is 15.7. The first-order valence-electron chi connectivity index (χ1n) is 4.60. The molecule has 0 unspecified atom stereocenters. The Morgan fingerprint density at radius 2 is 2.29 bits per heavy atom. The minimum atomic E-state index is -1.06. The SMILES string of the molecule is CC(=O)N[C@@H](CS)C(=O)O.O=Cc1cccs1. The van der Waals surface area contributed by atoms with Gasteiger partial charge in [-0.1, -0.05) is 6.07 Å². The number of aldehydes is 1. The molecule has 1 heterocycles. The third-order valence-corrected chi connectivity index (χ3v) is 2.68. The monoisotopic (exact) mass is 275 g/mol. The molecular weight excluding hydrogens is 262 g/mol. The molecule has 2 N–H and O–H groups in total. The van der Waals surface area contributed by atoms with Crippen LogP contribution in [0.3, 0.4) is 0 Å². The quantitative estimate of drug-likeness (QED) is 0.567. The third-order valence-electron chi connectivity index (χ3n) is 1.52. The Balaban J connectivity index is 0.000000318. The summed E-state index contributed by atoms with van der Waals surface area (Å²) in [5.74, 6) is -1.32. The Morgan fingerprint density at radius 3 is 2.47 bits per heavy atom. The van der Waals surface area contributed by atoms with Crippen LogP contribution in [0.4, 0.5) is 0 Å². The van der Waals surface area contributed by atoms with Crippen molar-refractivity contribution < 1.29 is 19.5 Å². The standard InChI is InChI=1S/C5H9NO3S.C5H4OS/c1-3(7)6-4(2-10)5(8)9;6-4-5-2-1-3-7-5/h4,10H,2H2,1H3,(H,6,7)(H,8,9);1-4H/t4-;/m0./s1. The lowest BCUT2D eigenvalue weighted by Gasteiger charge is -2.08. The number of aliphatic carboxylic acids is 1. The number of carbonyl (C=O) groups is 3. The Hall–Kier alpha value is -1.34. The molecule has 0 spiro atoms. The Morgan fingerprint density at radius 1 is 1.65 bits per heavy atom. The van der Waals surface area contributed by atoms with Gasteiger partial charge in [-0.25, -0.2) is 4.79 Å². The third kappa shape index (κ3) is 7.53. The molecular formula is C10H13NO4S2. The van der Waals surface area contributed by atoms with Crippen LogP contribution >= 0.6 is 24.0 Å². The maximum Gasteiger partial charge on any atom is 0.327 e. The predicted molar refractivity (Wildman–Crippen MR) is 68.8 cm³/mol. The van der Waals surface area contributed by atoms with Crippen LogP contribution in [0, 0.1) is 0 Å². The van der Waals surface area contributed by atoms with Crippen LogP contribution < -0.4 is 5.32 Å². The molecule has 1 aromatic rings. The van der Waals surface area contributed by atoms with Crippen LogP contribution in [0.1, 0.15) is 16.6 Å². The maximum absolute atomic E-state index is 10.3. The average molecular weight is 275 g/mol. The summed E-state index contributed by atoms with van der Waals surface area (Å²) in [6.45, 7) is 1.26. The molecule has 0 radical (unpaired) electrons. The minimum Gasteiger partial charge on any atom is -0.480 e. The second-order valence-electron chi connectivity index (χ2n) is 2.91. The smallest absolute Gasteiger partial charge is 0.327 e. The summed E-state index contributed by atoms with van der Waals surface area (Å²) < 4.78 is 0. The van der Waals surface area contributed by atoms with Crippen molar-refractivity contribution in [3.8, 4) is 0 Å². The topological polar surface area (TPSA) is 83.5 Å². The highest BCUT2D eigenvalue weighted by atomic mass is 32.1. The van der Waals surface area contributed by atoms with Crippen molar-refractivity contribution >= 4 is 42.1 Å². The molecule has 17 heavy (non-hydrogen) atoms. The molecule has 0 aliphatic heterocycles. The van der Waals surface area contributed by atoms with E-state index in [2.05, 4.69) is 17.9 Å². The van der Waals surface area contributed by atoms with E-state index in [4.69, 9.17) is 5.11 Å². The van der Waals surface area contributed by atoms with E-state index in [9.17, 15) is 14.4 Å². The highest BCUT2D eigenvalue weighted by Crippen LogP contribution is 2.03. The van der Waals surface area contributed by atoms with Crippen LogP contribution in [0.5, 0.6) is 0 Å². The van der Waals surface area contributed by atoms with Gasteiger partial charge in [0.05, 0.1) is 4.88 Å². The first-order chi connectivity index (χ1) is 8.01. The zero-order chi connectivity index (χ0) is 13.3. The van der Waals surface area contributed by atoms with Gasteiger partial charge >= 0.3 is 5.97 Å². The second kappa shape index (κ2) is 8.77. The highest BCUT2D eigenvalue weighted by Gasteiger charge is 2.15. The Kier molecular flexibility index (Phi) is 8.08. The van der Waals surface area contributed by atoms with E-state index < -0.39 is 12.0 Å². The van der Waals surface area contributed by atoms with Crippen molar-refractivity contribution in [3.05, 3.63) is 22.4 Å². The summed E-state index contributed by atoms with van der Waals surface area (Å²) in [6, 6.07) is 2.77. The van der Waals surface area contributed by atoms with Crippen LogP contribution in [0.15, 0.2) is 17.5 Å². The number of thiol groups is 1. The van der Waals surface area contributed by atoms with E-state index in [-0.39, 0.29) is 11.7 Å². The summed E-state index contributed by atoms with van der Waals surface area (Å²) in [5.41, 5.74) is 0. The molecule has 0 aliphatic carbocycles. The van der Waals surface area contributed by atoms with Gasteiger partial charge in [-0.15, -0.1) is 11.3 Å². The minimum absolute atomic E-state index is 0.106. The fraction of sp³-hybridized carbons (Fsp3) is 0.300. The summed E-state index contributed by atoms with van der Waals surface area (Å²) in [6.07, 6.45) is 0.852. The number of hydrogen-bond donors (Lipinski definition) is 3. The van der Waals surface area contributed by atoms with Crippen molar-refractivity contribution in [3.63, 3.8) is 0 Å². The number of carboxylic acids is 1. The molecule has 0 saturated carbocycles. The zero-order valence-corrected chi connectivity index (χ0v) is 10.8. The van der Waals surface area contributed by atoms with Crippen molar-refractivity contribution in [1.29, 1.82) is 0 Å². The van der Waals surface area contributed by atoms with Crippen molar-refractivity contribution in [2.45, 2.75) is 13.0 Å². The second-order valence-corrected chi connectivity index (χ2v) is 4.25. The summed E-state index contributed by atoms with van der Waals surface area (Å²) >= 11 is 5.19. The zero-order valence-electron chi connectivity index (χ0n) is 9.12. The van der Waals surface area contributed by atoms with E-state index in [0.29, 0.717) is 0 Å². The van der Waals surface area contributed by atoms with Gasteiger partial charge < -0.3 is 10.4 Å².